The largest absolute Gasteiger partial charge is 0.324 e. The minimum Gasteiger partial charge on any atom is -0.324 e. The van der Waals surface area contributed by atoms with Crippen LogP contribution in [0.3, 0.4) is 0 Å². The van der Waals surface area contributed by atoms with Gasteiger partial charge in [-0.3, -0.25) is 0 Å². The molecule has 14 heavy (non-hydrogen) atoms. The summed E-state index contributed by atoms with van der Waals surface area (Å²) in [6.45, 7) is 2.05. The van der Waals surface area contributed by atoms with Gasteiger partial charge in [0.15, 0.2) is 0 Å². The van der Waals surface area contributed by atoms with Crippen molar-refractivity contribution < 1.29 is 0 Å². The van der Waals surface area contributed by atoms with E-state index in [0.29, 0.717) is 0 Å². The van der Waals surface area contributed by atoms with Crippen LogP contribution >= 0.6 is 0 Å². The summed E-state index contributed by atoms with van der Waals surface area (Å²) in [5, 5.41) is 4.23. The third kappa shape index (κ3) is 0.861. The lowest BCUT2D eigenvalue weighted by Crippen LogP contribution is -2.17. The van der Waals surface area contributed by atoms with Crippen molar-refractivity contribution >= 4 is 5.52 Å². The molecule has 0 saturated heterocycles. The number of hydrogen-bond acceptors (Lipinski definition) is 3. The molecule has 2 heterocycles. The normalized spacial score (nSPS) is 20.3. The van der Waals surface area contributed by atoms with Crippen LogP contribution in [0.25, 0.3) is 5.52 Å². The number of nitrogens with zero attached hydrogens (tertiary/aromatic N) is 3. The SMILES string of the molecule is Cc1cc2c3c(ncnn13)CCC2N. The average molecular weight is 188 g/mol. The molecule has 0 radical (unpaired) electrons. The first-order valence-corrected chi connectivity index (χ1v) is 4.85. The van der Waals surface area contributed by atoms with Crippen LogP contribution in [0, 0.1) is 6.92 Å². The van der Waals surface area contributed by atoms with E-state index in [1.165, 1.54) is 5.56 Å². The molecule has 0 bridgehead atoms. The van der Waals surface area contributed by atoms with E-state index < -0.39 is 0 Å². The van der Waals surface area contributed by atoms with Crippen molar-refractivity contribution in [1.29, 1.82) is 0 Å². The molecule has 3 rings (SSSR count). The molecule has 0 saturated carbocycles. The molecule has 0 aromatic carbocycles. The first-order valence-electron chi connectivity index (χ1n) is 4.85. The second-order valence-electron chi connectivity index (χ2n) is 3.85. The van der Waals surface area contributed by atoms with Crippen molar-refractivity contribution in [2.24, 2.45) is 5.73 Å². The first kappa shape index (κ1) is 7.94. The highest BCUT2D eigenvalue weighted by Crippen LogP contribution is 2.30. The quantitative estimate of drug-likeness (QED) is 0.670. The van der Waals surface area contributed by atoms with Crippen LogP contribution in [-0.4, -0.2) is 14.6 Å². The summed E-state index contributed by atoms with van der Waals surface area (Å²) in [5.41, 5.74) is 10.6. The Balaban J connectivity index is 2.47. The third-order valence-electron chi connectivity index (χ3n) is 2.93. The topological polar surface area (TPSA) is 56.2 Å². The third-order valence-corrected chi connectivity index (χ3v) is 2.93. The summed E-state index contributed by atoms with van der Waals surface area (Å²) in [6, 6.07) is 2.27. The van der Waals surface area contributed by atoms with Gasteiger partial charge in [-0.1, -0.05) is 0 Å². The molecule has 0 aliphatic heterocycles. The Bertz CT molecular complexity index is 500. The molecule has 0 spiro atoms. The van der Waals surface area contributed by atoms with Crippen molar-refractivity contribution in [2.45, 2.75) is 25.8 Å². The molecule has 2 N–H and O–H groups in total. The number of aromatic nitrogens is 3. The second kappa shape index (κ2) is 2.54. The summed E-state index contributed by atoms with van der Waals surface area (Å²) in [7, 11) is 0. The van der Waals surface area contributed by atoms with E-state index in [0.717, 1.165) is 29.7 Å². The molecule has 4 heteroatoms. The van der Waals surface area contributed by atoms with Crippen LogP contribution in [0.2, 0.25) is 0 Å². The van der Waals surface area contributed by atoms with Gasteiger partial charge in [-0.15, -0.1) is 0 Å². The van der Waals surface area contributed by atoms with Gasteiger partial charge >= 0.3 is 0 Å². The Hall–Kier alpha value is -1.42. The zero-order chi connectivity index (χ0) is 9.71. The zero-order valence-electron chi connectivity index (χ0n) is 8.07. The van der Waals surface area contributed by atoms with Crippen molar-refractivity contribution in [2.75, 3.05) is 0 Å². The van der Waals surface area contributed by atoms with Gasteiger partial charge in [-0.2, -0.15) is 5.10 Å². The molecule has 72 valence electrons. The Morgan fingerprint density at radius 3 is 3.29 bits per heavy atom. The Morgan fingerprint density at radius 1 is 1.57 bits per heavy atom. The van der Waals surface area contributed by atoms with E-state index in [1.807, 2.05) is 11.4 Å². The Morgan fingerprint density at radius 2 is 2.43 bits per heavy atom. The summed E-state index contributed by atoms with van der Waals surface area (Å²) >= 11 is 0. The number of rotatable bonds is 0. The van der Waals surface area contributed by atoms with Crippen LogP contribution in [0.5, 0.6) is 0 Å². The second-order valence-corrected chi connectivity index (χ2v) is 3.85. The monoisotopic (exact) mass is 188 g/mol. The van der Waals surface area contributed by atoms with Gasteiger partial charge in [0.05, 0.1) is 11.2 Å². The Labute approximate surface area is 81.8 Å². The standard InChI is InChI=1S/C10H12N4/c1-6-4-7-8(11)2-3-9-10(7)14(6)13-5-12-9/h4-5,8H,2-3,11H2,1H3. The predicted octanol–water partition coefficient (Wildman–Crippen LogP) is 0.984. The maximum Gasteiger partial charge on any atom is 0.136 e. The van der Waals surface area contributed by atoms with Crippen LogP contribution in [0.15, 0.2) is 12.4 Å². The van der Waals surface area contributed by atoms with E-state index in [4.69, 9.17) is 5.73 Å². The van der Waals surface area contributed by atoms with Gasteiger partial charge in [0, 0.05) is 11.7 Å². The molecule has 1 unspecified atom stereocenters. The molecule has 0 amide bonds. The highest BCUT2D eigenvalue weighted by atomic mass is 15.2. The molecule has 1 aliphatic carbocycles. The van der Waals surface area contributed by atoms with Gasteiger partial charge < -0.3 is 5.73 Å². The fraction of sp³-hybridized carbons (Fsp3) is 0.400. The van der Waals surface area contributed by atoms with E-state index >= 15 is 0 Å². The van der Waals surface area contributed by atoms with Crippen LogP contribution < -0.4 is 5.73 Å². The van der Waals surface area contributed by atoms with E-state index in [9.17, 15) is 0 Å². The lowest BCUT2D eigenvalue weighted by molar-refractivity contribution is 0.626. The van der Waals surface area contributed by atoms with Crippen LogP contribution in [0.1, 0.15) is 29.4 Å². The Kier molecular flexibility index (Phi) is 1.44. The minimum atomic E-state index is 0.150. The summed E-state index contributed by atoms with van der Waals surface area (Å²) in [4.78, 5) is 4.30. The fourth-order valence-electron chi connectivity index (χ4n) is 2.21. The van der Waals surface area contributed by atoms with Crippen LogP contribution in [0.4, 0.5) is 0 Å². The molecule has 2 aromatic rings. The lowest BCUT2D eigenvalue weighted by atomic mass is 9.96. The molecule has 2 aromatic heterocycles. The van der Waals surface area contributed by atoms with Crippen molar-refractivity contribution in [3.8, 4) is 0 Å². The molecule has 1 atom stereocenters. The highest BCUT2D eigenvalue weighted by molar-refractivity contribution is 5.63. The van der Waals surface area contributed by atoms with Crippen molar-refractivity contribution in [3.63, 3.8) is 0 Å². The van der Waals surface area contributed by atoms with Crippen LogP contribution in [-0.2, 0) is 6.42 Å². The van der Waals surface area contributed by atoms with Crippen molar-refractivity contribution in [1.82, 2.24) is 14.6 Å². The molecule has 0 fully saturated rings. The lowest BCUT2D eigenvalue weighted by Gasteiger charge is -2.17. The maximum absolute atomic E-state index is 6.05. The van der Waals surface area contributed by atoms with E-state index in [1.54, 1.807) is 6.33 Å². The minimum absolute atomic E-state index is 0.150. The number of nitrogens with two attached hydrogens (primary N) is 1. The molecule has 4 nitrogen and oxygen atoms in total. The van der Waals surface area contributed by atoms with Crippen molar-refractivity contribution in [3.05, 3.63) is 29.3 Å². The van der Waals surface area contributed by atoms with Gasteiger partial charge in [0.1, 0.15) is 6.33 Å². The van der Waals surface area contributed by atoms with Gasteiger partial charge in [-0.05, 0) is 31.4 Å². The predicted molar refractivity (Wildman–Crippen MR) is 53.0 cm³/mol. The summed E-state index contributed by atoms with van der Waals surface area (Å²) in [6.07, 6.45) is 3.57. The fourth-order valence-corrected chi connectivity index (χ4v) is 2.21. The smallest absolute Gasteiger partial charge is 0.136 e. The van der Waals surface area contributed by atoms with E-state index in [2.05, 4.69) is 16.1 Å². The summed E-state index contributed by atoms with van der Waals surface area (Å²) in [5.74, 6) is 0. The first-order chi connectivity index (χ1) is 6.77. The average Bonchev–Trinajstić information content (AvgIpc) is 2.53. The van der Waals surface area contributed by atoms with Gasteiger partial charge in [0.2, 0.25) is 0 Å². The maximum atomic E-state index is 6.05. The van der Waals surface area contributed by atoms with Gasteiger partial charge in [-0.25, -0.2) is 9.50 Å². The molecule has 1 aliphatic rings. The number of aryl methyl sites for hydroxylation is 2. The highest BCUT2D eigenvalue weighted by Gasteiger charge is 2.22. The molecular weight excluding hydrogens is 176 g/mol. The molecular formula is C10H12N4. The zero-order valence-corrected chi connectivity index (χ0v) is 8.07. The van der Waals surface area contributed by atoms with E-state index in [-0.39, 0.29) is 6.04 Å². The van der Waals surface area contributed by atoms with Gasteiger partial charge in [0.25, 0.3) is 0 Å². The number of hydrogen-bond donors (Lipinski definition) is 1. The summed E-state index contributed by atoms with van der Waals surface area (Å²) < 4.78 is 1.94.